The van der Waals surface area contributed by atoms with Crippen LogP contribution in [0.2, 0.25) is 0 Å². The van der Waals surface area contributed by atoms with Crippen LogP contribution in [0.15, 0.2) is 12.2 Å². The van der Waals surface area contributed by atoms with Gasteiger partial charge in [0.05, 0.1) is 6.61 Å². The van der Waals surface area contributed by atoms with Crippen LogP contribution in [0.25, 0.3) is 0 Å². The van der Waals surface area contributed by atoms with E-state index in [4.69, 9.17) is 4.55 Å². The topological polar surface area (TPSA) is 116 Å². The van der Waals surface area contributed by atoms with Crippen LogP contribution in [0.5, 0.6) is 0 Å². The standard InChI is InChI=1S/C16H18F10O8S/c1-8(14(19,20)21)9(27)33-13(15(22,23)24,10(28)34-11(2,3)4)32-7-5-6-12(17,18)16(25,26)35(29,30)31/h1,5-7H2,2-4H3,(H,29,30,31). The molecular formula is C16H18F10O8S. The van der Waals surface area contributed by atoms with Crippen LogP contribution in [0.3, 0.4) is 0 Å². The molecule has 0 saturated heterocycles. The summed E-state index contributed by atoms with van der Waals surface area (Å²) in [6.07, 6.45) is -15.8. The van der Waals surface area contributed by atoms with Crippen molar-refractivity contribution in [3.63, 3.8) is 0 Å². The van der Waals surface area contributed by atoms with Gasteiger partial charge in [-0.05, 0) is 27.2 Å². The first-order valence-corrected chi connectivity index (χ1v) is 10.2. The molecule has 0 aliphatic heterocycles. The van der Waals surface area contributed by atoms with E-state index in [1.165, 1.54) is 0 Å². The molecule has 1 unspecified atom stereocenters. The van der Waals surface area contributed by atoms with Crippen molar-refractivity contribution in [2.24, 2.45) is 0 Å². The SMILES string of the molecule is C=C(C(=O)OC(OCCCC(F)(F)C(F)(F)S(=O)(=O)O)(C(=O)OC(C)(C)C)C(F)(F)F)C(F)(F)F. The molecule has 0 aliphatic rings. The smallest absolute Gasteiger partial charge is 0.455 e. The number of esters is 2. The number of alkyl halides is 10. The van der Waals surface area contributed by atoms with Crippen LogP contribution in [0.4, 0.5) is 43.9 Å². The Morgan fingerprint density at radius 3 is 1.69 bits per heavy atom. The van der Waals surface area contributed by atoms with Gasteiger partial charge in [-0.2, -0.15) is 52.3 Å². The lowest BCUT2D eigenvalue weighted by molar-refractivity contribution is -0.358. The molecule has 0 aromatic carbocycles. The second kappa shape index (κ2) is 10.1. The Morgan fingerprint density at radius 1 is 0.886 bits per heavy atom. The maximum atomic E-state index is 13.7. The summed E-state index contributed by atoms with van der Waals surface area (Å²) < 4.78 is 173. The van der Waals surface area contributed by atoms with E-state index in [1.807, 2.05) is 0 Å². The van der Waals surface area contributed by atoms with E-state index in [-0.39, 0.29) is 0 Å². The van der Waals surface area contributed by atoms with Crippen LogP contribution in [-0.2, 0) is 33.9 Å². The van der Waals surface area contributed by atoms with Crippen molar-refractivity contribution in [3.8, 4) is 0 Å². The van der Waals surface area contributed by atoms with Gasteiger partial charge in [0.15, 0.2) is 0 Å². The number of hydrogen-bond acceptors (Lipinski definition) is 7. The molecule has 0 amide bonds. The highest BCUT2D eigenvalue weighted by Crippen LogP contribution is 2.42. The highest BCUT2D eigenvalue weighted by molar-refractivity contribution is 7.87. The second-order valence-corrected chi connectivity index (χ2v) is 9.09. The summed E-state index contributed by atoms with van der Waals surface area (Å²) in [7, 11) is -6.69. The van der Waals surface area contributed by atoms with Gasteiger partial charge in [-0.1, -0.05) is 6.58 Å². The lowest BCUT2D eigenvalue weighted by Crippen LogP contribution is -2.59. The predicted octanol–water partition coefficient (Wildman–Crippen LogP) is 4.16. The molecule has 0 fully saturated rings. The Kier molecular flexibility index (Phi) is 9.46. The molecule has 206 valence electrons. The molecule has 0 rings (SSSR count). The quantitative estimate of drug-likeness (QED) is 0.106. The number of hydrogen-bond donors (Lipinski definition) is 1. The zero-order valence-corrected chi connectivity index (χ0v) is 18.6. The molecule has 19 heteroatoms. The summed E-state index contributed by atoms with van der Waals surface area (Å²) in [6.45, 7) is 3.24. The highest BCUT2D eigenvalue weighted by atomic mass is 32.2. The fourth-order valence-corrected chi connectivity index (χ4v) is 2.36. The number of rotatable bonds is 10. The van der Waals surface area contributed by atoms with Gasteiger partial charge >= 0.3 is 51.4 Å². The minimum absolute atomic E-state index is 0.973. The van der Waals surface area contributed by atoms with Crippen molar-refractivity contribution in [1.82, 2.24) is 0 Å². The van der Waals surface area contributed by atoms with Gasteiger partial charge in [0.1, 0.15) is 11.2 Å². The summed E-state index contributed by atoms with van der Waals surface area (Å²) in [5.74, 6) is -16.1. The number of carbonyl (C=O) groups excluding carboxylic acids is 2. The van der Waals surface area contributed by atoms with Gasteiger partial charge in [0, 0.05) is 6.42 Å². The van der Waals surface area contributed by atoms with Crippen molar-refractivity contribution >= 4 is 22.1 Å². The van der Waals surface area contributed by atoms with Crippen molar-refractivity contribution in [2.75, 3.05) is 6.61 Å². The van der Waals surface area contributed by atoms with Crippen LogP contribution in [0.1, 0.15) is 33.6 Å². The van der Waals surface area contributed by atoms with E-state index < -0.39 is 82.0 Å². The summed E-state index contributed by atoms with van der Waals surface area (Å²) >= 11 is 0. The zero-order chi connectivity index (χ0) is 28.5. The fourth-order valence-electron chi connectivity index (χ4n) is 1.88. The molecule has 0 bridgehead atoms. The molecule has 0 saturated carbocycles. The molecule has 1 N–H and O–H groups in total. The Balaban J connectivity index is 6.13. The van der Waals surface area contributed by atoms with Gasteiger partial charge in [0.25, 0.3) is 0 Å². The molecule has 0 radical (unpaired) electrons. The Hall–Kier alpha value is -2.15. The Morgan fingerprint density at radius 2 is 1.34 bits per heavy atom. The molecular weight excluding hydrogens is 542 g/mol. The third-order valence-corrected chi connectivity index (χ3v) is 4.50. The summed E-state index contributed by atoms with van der Waals surface area (Å²) in [6, 6.07) is 0. The summed E-state index contributed by atoms with van der Waals surface area (Å²) in [5, 5.41) is -6.09. The summed E-state index contributed by atoms with van der Waals surface area (Å²) in [5.41, 5.74) is -4.35. The number of carbonyl (C=O) groups is 2. The first kappa shape index (κ1) is 32.8. The van der Waals surface area contributed by atoms with Crippen LogP contribution >= 0.6 is 0 Å². The van der Waals surface area contributed by atoms with Gasteiger partial charge in [0.2, 0.25) is 0 Å². The molecule has 0 spiro atoms. The number of ether oxygens (including phenoxy) is 3. The predicted molar refractivity (Wildman–Crippen MR) is 92.5 cm³/mol. The molecule has 35 heavy (non-hydrogen) atoms. The maximum absolute atomic E-state index is 13.7. The normalized spacial score (nSPS) is 15.8. The van der Waals surface area contributed by atoms with E-state index in [0.29, 0.717) is 0 Å². The Bertz CT molecular complexity index is 918. The lowest BCUT2D eigenvalue weighted by atomic mass is 10.1. The minimum Gasteiger partial charge on any atom is -0.455 e. The van der Waals surface area contributed by atoms with Crippen molar-refractivity contribution in [2.45, 2.75) is 68.5 Å². The molecule has 0 aromatic rings. The van der Waals surface area contributed by atoms with E-state index >= 15 is 0 Å². The first-order chi connectivity index (χ1) is 15.1. The summed E-state index contributed by atoms with van der Waals surface area (Å²) in [4.78, 5) is 23.8. The van der Waals surface area contributed by atoms with E-state index in [0.717, 1.165) is 20.8 Å². The van der Waals surface area contributed by atoms with Gasteiger partial charge < -0.3 is 14.2 Å². The fraction of sp³-hybridized carbons (Fsp3) is 0.750. The van der Waals surface area contributed by atoms with Gasteiger partial charge in [-0.3, -0.25) is 4.55 Å². The molecule has 0 aromatic heterocycles. The minimum atomic E-state index is -6.69. The monoisotopic (exact) mass is 560 g/mol. The first-order valence-electron chi connectivity index (χ1n) is 8.78. The molecule has 0 heterocycles. The highest BCUT2D eigenvalue weighted by Gasteiger charge is 2.69. The average Bonchev–Trinajstić information content (AvgIpc) is 2.58. The van der Waals surface area contributed by atoms with Crippen molar-refractivity contribution < 1.29 is 80.7 Å². The third kappa shape index (κ3) is 7.92. The zero-order valence-electron chi connectivity index (χ0n) is 17.8. The van der Waals surface area contributed by atoms with E-state index in [9.17, 15) is 61.9 Å². The molecule has 0 aliphatic carbocycles. The van der Waals surface area contributed by atoms with Crippen molar-refractivity contribution in [1.29, 1.82) is 0 Å². The third-order valence-electron chi connectivity index (χ3n) is 3.56. The van der Waals surface area contributed by atoms with Crippen molar-refractivity contribution in [3.05, 3.63) is 12.2 Å². The lowest BCUT2D eigenvalue weighted by Gasteiger charge is -2.35. The van der Waals surface area contributed by atoms with Crippen LogP contribution in [0, 0.1) is 0 Å². The second-order valence-electron chi connectivity index (χ2n) is 7.63. The average molecular weight is 560 g/mol. The maximum Gasteiger partial charge on any atom is 0.468 e. The van der Waals surface area contributed by atoms with Crippen LogP contribution in [-0.4, -0.2) is 66.4 Å². The van der Waals surface area contributed by atoms with Gasteiger partial charge in [-0.15, -0.1) is 0 Å². The molecule has 1 atom stereocenters. The van der Waals surface area contributed by atoms with Crippen LogP contribution < -0.4 is 0 Å². The largest absolute Gasteiger partial charge is 0.468 e. The molecule has 8 nitrogen and oxygen atoms in total. The Labute approximate surface area is 190 Å². The number of halogens is 10. The van der Waals surface area contributed by atoms with Gasteiger partial charge in [-0.25, -0.2) is 9.59 Å². The van der Waals surface area contributed by atoms with E-state index in [2.05, 4.69) is 20.8 Å². The van der Waals surface area contributed by atoms with E-state index in [1.54, 1.807) is 0 Å².